The van der Waals surface area contributed by atoms with E-state index in [1.165, 1.54) is 0 Å². The minimum Gasteiger partial charge on any atom is -0.497 e. The summed E-state index contributed by atoms with van der Waals surface area (Å²) in [6, 6.07) is 21.2. The molecule has 4 N–H and O–H groups in total. The lowest BCUT2D eigenvalue weighted by Gasteiger charge is -2.32. The first-order chi connectivity index (χ1) is 16.9. The van der Waals surface area contributed by atoms with E-state index in [4.69, 9.17) is 10.5 Å². The fraction of sp³-hybridized carbons (Fsp3) is 0.222. The monoisotopic (exact) mass is 472 g/mol. The van der Waals surface area contributed by atoms with Crippen LogP contribution in [-0.4, -0.2) is 37.9 Å². The average molecular weight is 473 g/mol. The molecule has 8 nitrogen and oxygen atoms in total. The summed E-state index contributed by atoms with van der Waals surface area (Å²) >= 11 is 0. The zero-order valence-electron chi connectivity index (χ0n) is 19.5. The quantitative estimate of drug-likeness (QED) is 0.483. The summed E-state index contributed by atoms with van der Waals surface area (Å²) in [6.45, 7) is 1.53. The van der Waals surface area contributed by atoms with Gasteiger partial charge < -0.3 is 26.0 Å². The van der Waals surface area contributed by atoms with Crippen molar-refractivity contribution in [1.29, 1.82) is 0 Å². The Kier molecular flexibility index (Phi) is 7.30. The van der Waals surface area contributed by atoms with Gasteiger partial charge in [0.05, 0.1) is 18.4 Å². The molecule has 180 valence electrons. The molecular weight excluding hydrogens is 444 g/mol. The van der Waals surface area contributed by atoms with Crippen molar-refractivity contribution >= 4 is 34.8 Å². The van der Waals surface area contributed by atoms with E-state index >= 15 is 0 Å². The van der Waals surface area contributed by atoms with Crippen molar-refractivity contribution in [1.82, 2.24) is 0 Å². The van der Waals surface area contributed by atoms with Crippen molar-refractivity contribution < 1.29 is 19.1 Å². The van der Waals surface area contributed by atoms with Gasteiger partial charge in [-0.1, -0.05) is 12.1 Å². The van der Waals surface area contributed by atoms with Crippen molar-refractivity contribution in [3.05, 3.63) is 83.9 Å². The van der Waals surface area contributed by atoms with Gasteiger partial charge in [-0.15, -0.1) is 0 Å². The second kappa shape index (κ2) is 10.7. The number of piperidine rings is 1. The van der Waals surface area contributed by atoms with Gasteiger partial charge in [0.1, 0.15) is 5.75 Å². The Morgan fingerprint density at radius 2 is 1.51 bits per heavy atom. The van der Waals surface area contributed by atoms with Crippen LogP contribution in [0.15, 0.2) is 72.8 Å². The highest BCUT2D eigenvalue weighted by Crippen LogP contribution is 2.25. The average Bonchev–Trinajstić information content (AvgIpc) is 2.89. The van der Waals surface area contributed by atoms with E-state index in [1.807, 2.05) is 24.3 Å². The van der Waals surface area contributed by atoms with Crippen LogP contribution in [0.2, 0.25) is 0 Å². The van der Waals surface area contributed by atoms with Gasteiger partial charge in [0, 0.05) is 35.9 Å². The van der Waals surface area contributed by atoms with Gasteiger partial charge in [-0.25, -0.2) is 0 Å². The first-order valence-corrected chi connectivity index (χ1v) is 11.4. The summed E-state index contributed by atoms with van der Waals surface area (Å²) in [5.74, 6) is -0.288. The van der Waals surface area contributed by atoms with E-state index in [2.05, 4.69) is 15.5 Å². The van der Waals surface area contributed by atoms with E-state index in [-0.39, 0.29) is 23.6 Å². The first kappa shape index (κ1) is 23.8. The highest BCUT2D eigenvalue weighted by molar-refractivity contribution is 6.12. The number of hydrogen-bond acceptors (Lipinski definition) is 5. The van der Waals surface area contributed by atoms with Gasteiger partial charge in [-0.05, 0) is 73.5 Å². The predicted molar refractivity (Wildman–Crippen MR) is 136 cm³/mol. The number of benzene rings is 3. The van der Waals surface area contributed by atoms with Crippen LogP contribution in [-0.2, 0) is 4.79 Å². The van der Waals surface area contributed by atoms with Crippen molar-refractivity contribution in [2.75, 3.05) is 35.7 Å². The van der Waals surface area contributed by atoms with E-state index in [0.717, 1.165) is 31.6 Å². The van der Waals surface area contributed by atoms with Crippen molar-refractivity contribution in [2.45, 2.75) is 12.8 Å². The molecule has 3 aromatic rings. The number of methoxy groups -OCH3 is 1. The van der Waals surface area contributed by atoms with E-state index in [9.17, 15) is 14.4 Å². The highest BCUT2D eigenvalue weighted by atomic mass is 16.5. The number of carbonyl (C=O) groups excluding carboxylic acids is 3. The SMILES string of the molecule is COc1ccc(C(=O)Nc2ccccc2C(=O)Nc2ccc(N3CCC(C(N)=O)CC3)cc2)cc1. The first-order valence-electron chi connectivity index (χ1n) is 11.4. The third-order valence-electron chi connectivity index (χ3n) is 6.16. The molecule has 35 heavy (non-hydrogen) atoms. The van der Waals surface area contributed by atoms with E-state index in [0.29, 0.717) is 28.3 Å². The lowest BCUT2D eigenvalue weighted by Crippen LogP contribution is -2.38. The van der Waals surface area contributed by atoms with Crippen LogP contribution >= 0.6 is 0 Å². The zero-order valence-corrected chi connectivity index (χ0v) is 19.5. The zero-order chi connectivity index (χ0) is 24.8. The molecule has 1 saturated heterocycles. The highest BCUT2D eigenvalue weighted by Gasteiger charge is 2.23. The Bertz CT molecular complexity index is 1200. The van der Waals surface area contributed by atoms with Crippen LogP contribution in [0.3, 0.4) is 0 Å². The fourth-order valence-corrected chi connectivity index (χ4v) is 4.10. The van der Waals surface area contributed by atoms with Crippen LogP contribution in [0.25, 0.3) is 0 Å². The molecule has 3 aromatic carbocycles. The lowest BCUT2D eigenvalue weighted by molar-refractivity contribution is -0.122. The van der Waals surface area contributed by atoms with Crippen molar-refractivity contribution in [2.24, 2.45) is 11.7 Å². The van der Waals surface area contributed by atoms with Crippen molar-refractivity contribution in [3.63, 3.8) is 0 Å². The number of primary amides is 1. The largest absolute Gasteiger partial charge is 0.497 e. The summed E-state index contributed by atoms with van der Waals surface area (Å²) in [5, 5.41) is 5.71. The van der Waals surface area contributed by atoms with E-state index < -0.39 is 0 Å². The van der Waals surface area contributed by atoms with Crippen LogP contribution in [0.5, 0.6) is 5.75 Å². The number of nitrogens with two attached hydrogens (primary N) is 1. The second-order valence-corrected chi connectivity index (χ2v) is 8.39. The minimum absolute atomic E-state index is 0.0601. The summed E-state index contributed by atoms with van der Waals surface area (Å²) in [6.07, 6.45) is 1.49. The Morgan fingerprint density at radius 3 is 2.14 bits per heavy atom. The minimum atomic E-state index is -0.328. The smallest absolute Gasteiger partial charge is 0.257 e. The maximum absolute atomic E-state index is 13.0. The molecule has 1 heterocycles. The summed E-state index contributed by atoms with van der Waals surface area (Å²) in [7, 11) is 1.56. The molecule has 4 rings (SSSR count). The molecule has 0 unspecified atom stereocenters. The Hall–Kier alpha value is -4.33. The standard InChI is InChI=1S/C27H28N4O4/c1-35-22-12-6-19(7-13-22)26(33)30-24-5-3-2-4-23(24)27(34)29-20-8-10-21(11-9-20)31-16-14-18(15-17-31)25(28)32/h2-13,18H,14-17H2,1H3,(H2,28,32)(H,29,34)(H,30,33). The summed E-state index contributed by atoms with van der Waals surface area (Å²) in [5.41, 5.74) is 8.31. The third kappa shape index (κ3) is 5.78. The fourth-order valence-electron chi connectivity index (χ4n) is 4.10. The molecule has 0 radical (unpaired) electrons. The van der Waals surface area contributed by atoms with Crippen LogP contribution in [0, 0.1) is 5.92 Å². The number of para-hydroxylation sites is 1. The predicted octanol–water partition coefficient (Wildman–Crippen LogP) is 3.90. The Labute approximate surface area is 204 Å². The molecular formula is C27H28N4O4. The number of ether oxygens (including phenoxy) is 1. The van der Waals surface area contributed by atoms with Crippen LogP contribution in [0.4, 0.5) is 17.1 Å². The Morgan fingerprint density at radius 1 is 0.857 bits per heavy atom. The molecule has 0 atom stereocenters. The maximum atomic E-state index is 13.0. The van der Waals surface area contributed by atoms with Gasteiger partial charge in [0.2, 0.25) is 5.91 Å². The number of carbonyl (C=O) groups is 3. The molecule has 3 amide bonds. The molecule has 0 bridgehead atoms. The molecule has 0 aromatic heterocycles. The molecule has 0 saturated carbocycles. The number of hydrogen-bond donors (Lipinski definition) is 3. The molecule has 1 fully saturated rings. The van der Waals surface area contributed by atoms with Crippen molar-refractivity contribution in [3.8, 4) is 5.75 Å². The van der Waals surface area contributed by atoms with Gasteiger partial charge in [0.25, 0.3) is 11.8 Å². The van der Waals surface area contributed by atoms with Crippen LogP contribution < -0.4 is 26.0 Å². The number of amides is 3. The van der Waals surface area contributed by atoms with Crippen LogP contribution in [0.1, 0.15) is 33.6 Å². The molecule has 1 aliphatic heterocycles. The number of nitrogens with one attached hydrogen (secondary N) is 2. The lowest BCUT2D eigenvalue weighted by atomic mass is 9.96. The van der Waals surface area contributed by atoms with Gasteiger partial charge in [-0.2, -0.15) is 0 Å². The molecule has 0 aliphatic carbocycles. The van der Waals surface area contributed by atoms with Gasteiger partial charge in [-0.3, -0.25) is 14.4 Å². The second-order valence-electron chi connectivity index (χ2n) is 8.39. The maximum Gasteiger partial charge on any atom is 0.257 e. The third-order valence-corrected chi connectivity index (χ3v) is 6.16. The summed E-state index contributed by atoms with van der Waals surface area (Å²) in [4.78, 5) is 39.2. The van der Waals surface area contributed by atoms with Gasteiger partial charge >= 0.3 is 0 Å². The molecule has 1 aliphatic rings. The number of rotatable bonds is 7. The summed E-state index contributed by atoms with van der Waals surface area (Å²) < 4.78 is 5.12. The normalized spacial score (nSPS) is 13.7. The number of nitrogens with zero attached hydrogens (tertiary/aromatic N) is 1. The molecule has 8 heteroatoms. The van der Waals surface area contributed by atoms with Gasteiger partial charge in [0.15, 0.2) is 0 Å². The topological polar surface area (TPSA) is 114 Å². The molecule has 0 spiro atoms. The van der Waals surface area contributed by atoms with E-state index in [1.54, 1.807) is 55.6 Å². The number of anilines is 3. The Balaban J connectivity index is 1.40.